The van der Waals surface area contributed by atoms with E-state index in [2.05, 4.69) is 71.4 Å². The van der Waals surface area contributed by atoms with Gasteiger partial charge in [-0.3, -0.25) is 0 Å². The summed E-state index contributed by atoms with van der Waals surface area (Å²) in [6.07, 6.45) is 18.1. The lowest BCUT2D eigenvalue weighted by Crippen LogP contribution is -2.53. The van der Waals surface area contributed by atoms with Gasteiger partial charge in [-0.15, -0.1) is 13.2 Å². The van der Waals surface area contributed by atoms with Crippen LogP contribution in [0.4, 0.5) is 0 Å². The van der Waals surface area contributed by atoms with E-state index in [9.17, 15) is 0 Å². The van der Waals surface area contributed by atoms with Gasteiger partial charge in [0.25, 0.3) is 0 Å². The average molecular weight is 487 g/mol. The van der Waals surface area contributed by atoms with Gasteiger partial charge in [0, 0.05) is 6.10 Å². The summed E-state index contributed by atoms with van der Waals surface area (Å²) in [7, 11) is -3.29. The minimum absolute atomic E-state index is 0.370. The number of fused-ring (bicyclic) bond motifs is 5. The first-order chi connectivity index (χ1) is 15.4. The van der Waals surface area contributed by atoms with E-state index in [0.29, 0.717) is 23.0 Å². The summed E-state index contributed by atoms with van der Waals surface area (Å²) in [4.78, 5) is 0. The van der Waals surface area contributed by atoms with Gasteiger partial charge in [-0.05, 0) is 118 Å². The fourth-order valence-electron chi connectivity index (χ4n) is 8.50. The second-order valence-electron chi connectivity index (χ2n) is 13.5. The molecule has 33 heavy (non-hydrogen) atoms. The second kappa shape index (κ2) is 9.22. The maximum absolute atomic E-state index is 6.94. The molecule has 7 unspecified atom stereocenters. The normalized spacial score (nSPS) is 40.9. The summed E-state index contributed by atoms with van der Waals surface area (Å²) >= 11 is 0. The van der Waals surface area contributed by atoms with E-state index < -0.39 is 16.6 Å². The molecular formula is C29H50O2Si2. The molecule has 0 bridgehead atoms. The van der Waals surface area contributed by atoms with Crippen LogP contribution in [0.3, 0.4) is 0 Å². The molecule has 4 heteroatoms. The number of rotatable bonds is 8. The Labute approximate surface area is 206 Å². The van der Waals surface area contributed by atoms with Gasteiger partial charge in [0.1, 0.15) is 0 Å². The van der Waals surface area contributed by atoms with Gasteiger partial charge < -0.3 is 8.85 Å². The lowest BCUT2D eigenvalue weighted by Gasteiger charge is -2.58. The molecule has 0 aromatic carbocycles. The van der Waals surface area contributed by atoms with Gasteiger partial charge in [0.05, 0.1) is 6.10 Å². The Kier molecular flexibility index (Phi) is 7.17. The Hall–Kier alpha value is -0.426. The molecule has 0 aromatic heterocycles. The molecule has 4 aliphatic carbocycles. The summed E-state index contributed by atoms with van der Waals surface area (Å²) in [6.45, 7) is 22.6. The minimum atomic E-state index is -1.66. The molecule has 0 N–H and O–H groups in total. The Morgan fingerprint density at radius 1 is 0.909 bits per heavy atom. The van der Waals surface area contributed by atoms with Crippen LogP contribution in [-0.4, -0.2) is 28.8 Å². The topological polar surface area (TPSA) is 18.5 Å². The first kappa shape index (κ1) is 25.7. The van der Waals surface area contributed by atoms with Crippen LogP contribution < -0.4 is 0 Å². The fourth-order valence-corrected chi connectivity index (χ4v) is 12.3. The van der Waals surface area contributed by atoms with Crippen LogP contribution in [0.1, 0.15) is 65.2 Å². The van der Waals surface area contributed by atoms with Crippen molar-refractivity contribution in [3.63, 3.8) is 0 Å². The maximum Gasteiger partial charge on any atom is 0.190 e. The highest BCUT2D eigenvalue weighted by Gasteiger charge is 2.59. The first-order valence-corrected chi connectivity index (χ1v) is 19.9. The second-order valence-corrected chi connectivity index (χ2v) is 21.8. The highest BCUT2D eigenvalue weighted by atomic mass is 28.4. The third-order valence-electron chi connectivity index (χ3n) is 10.2. The van der Waals surface area contributed by atoms with Crippen molar-refractivity contribution in [2.24, 2.45) is 28.6 Å². The smallest absolute Gasteiger partial charge is 0.190 e. The van der Waals surface area contributed by atoms with Crippen molar-refractivity contribution in [2.45, 2.75) is 116 Å². The molecule has 0 heterocycles. The lowest BCUT2D eigenvalue weighted by molar-refractivity contribution is -0.0661. The van der Waals surface area contributed by atoms with Crippen LogP contribution in [-0.2, 0) is 8.85 Å². The lowest BCUT2D eigenvalue weighted by atomic mass is 9.48. The van der Waals surface area contributed by atoms with Crippen molar-refractivity contribution in [2.75, 3.05) is 0 Å². The van der Waals surface area contributed by atoms with Gasteiger partial charge in [-0.2, -0.15) is 0 Å². The van der Waals surface area contributed by atoms with Crippen LogP contribution in [0.5, 0.6) is 0 Å². The zero-order valence-electron chi connectivity index (χ0n) is 22.4. The Morgan fingerprint density at radius 2 is 1.58 bits per heavy atom. The van der Waals surface area contributed by atoms with Crippen LogP contribution in [0.15, 0.2) is 37.0 Å². The van der Waals surface area contributed by atoms with Crippen molar-refractivity contribution in [3.8, 4) is 0 Å². The summed E-state index contributed by atoms with van der Waals surface area (Å²) in [5.74, 6) is 2.53. The highest BCUT2D eigenvalue weighted by molar-refractivity contribution is 6.72. The van der Waals surface area contributed by atoms with E-state index in [1.807, 2.05) is 0 Å². The average Bonchev–Trinajstić information content (AvgIpc) is 3.03. The van der Waals surface area contributed by atoms with Gasteiger partial charge in [-0.25, -0.2) is 0 Å². The molecule has 0 amide bonds. The van der Waals surface area contributed by atoms with Crippen molar-refractivity contribution in [3.05, 3.63) is 37.0 Å². The molecule has 3 saturated carbocycles. The molecule has 0 spiro atoms. The van der Waals surface area contributed by atoms with Crippen LogP contribution in [0.25, 0.3) is 0 Å². The molecule has 4 aliphatic rings. The summed E-state index contributed by atoms with van der Waals surface area (Å²) in [6, 6.07) is 2.12. The first-order valence-electron chi connectivity index (χ1n) is 13.7. The van der Waals surface area contributed by atoms with Crippen molar-refractivity contribution >= 4 is 16.6 Å². The van der Waals surface area contributed by atoms with Crippen molar-refractivity contribution < 1.29 is 8.85 Å². The van der Waals surface area contributed by atoms with Crippen molar-refractivity contribution in [1.82, 2.24) is 0 Å². The zero-order valence-corrected chi connectivity index (χ0v) is 24.4. The standard InChI is InChI=1S/C29H50O2Si2/c1-9-19-32(5,6)30-23-15-17-28(3)22(21-23)11-12-24-25-13-14-27(31-33(7,8)20-10-2)29(25,4)18-16-26(24)28/h9-11,23-27H,1-2,12-21H2,3-8H3. The zero-order chi connectivity index (χ0) is 24.1. The Bertz CT molecular complexity index is 786. The molecule has 0 aromatic rings. The van der Waals surface area contributed by atoms with E-state index in [0.717, 1.165) is 29.8 Å². The predicted octanol–water partition coefficient (Wildman–Crippen LogP) is 8.50. The van der Waals surface area contributed by atoms with Gasteiger partial charge >= 0.3 is 0 Å². The van der Waals surface area contributed by atoms with Gasteiger partial charge in [0.15, 0.2) is 16.6 Å². The number of allylic oxidation sites excluding steroid dienone is 3. The molecule has 0 saturated heterocycles. The van der Waals surface area contributed by atoms with Gasteiger partial charge in [0.2, 0.25) is 0 Å². The number of hydrogen-bond donors (Lipinski definition) is 0. The molecule has 186 valence electrons. The molecule has 3 fully saturated rings. The summed E-state index contributed by atoms with van der Waals surface area (Å²) in [5, 5.41) is 0. The SMILES string of the molecule is C=CC[Si](C)(C)OC1CCC2(C)C(=CCC3C2CCC2(C)C(O[Si](C)(C)CC=C)CCC32)C1. The molecule has 0 radical (unpaired) electrons. The van der Waals surface area contributed by atoms with E-state index in [-0.39, 0.29) is 0 Å². The Balaban J connectivity index is 1.49. The van der Waals surface area contributed by atoms with Crippen LogP contribution >= 0.6 is 0 Å². The largest absolute Gasteiger partial charge is 0.414 e. The summed E-state index contributed by atoms with van der Waals surface area (Å²) < 4.78 is 13.7. The number of hydrogen-bond acceptors (Lipinski definition) is 2. The fraction of sp³-hybridized carbons (Fsp3) is 0.793. The molecule has 7 atom stereocenters. The van der Waals surface area contributed by atoms with E-state index in [4.69, 9.17) is 8.85 Å². The van der Waals surface area contributed by atoms with E-state index >= 15 is 0 Å². The van der Waals surface area contributed by atoms with Crippen LogP contribution in [0.2, 0.25) is 38.3 Å². The molecule has 0 aliphatic heterocycles. The highest BCUT2D eigenvalue weighted by Crippen LogP contribution is 2.65. The van der Waals surface area contributed by atoms with Crippen molar-refractivity contribution in [1.29, 1.82) is 0 Å². The minimum Gasteiger partial charge on any atom is -0.414 e. The molecule has 2 nitrogen and oxygen atoms in total. The van der Waals surface area contributed by atoms with E-state index in [1.165, 1.54) is 51.4 Å². The third kappa shape index (κ3) is 4.84. The van der Waals surface area contributed by atoms with E-state index in [1.54, 1.807) is 5.57 Å². The third-order valence-corrected chi connectivity index (χ3v) is 14.6. The van der Waals surface area contributed by atoms with Crippen LogP contribution in [0, 0.1) is 28.6 Å². The molecular weight excluding hydrogens is 436 g/mol. The van der Waals surface area contributed by atoms with Gasteiger partial charge in [-0.1, -0.05) is 37.6 Å². The quantitative estimate of drug-likeness (QED) is 0.253. The molecule has 4 rings (SSSR count). The maximum atomic E-state index is 6.94. The summed E-state index contributed by atoms with van der Waals surface area (Å²) in [5.41, 5.74) is 2.50. The predicted molar refractivity (Wildman–Crippen MR) is 146 cm³/mol. The monoisotopic (exact) mass is 486 g/mol. The Morgan fingerprint density at radius 3 is 2.24 bits per heavy atom.